The van der Waals surface area contributed by atoms with Crippen LogP contribution in [0, 0.1) is 18.3 Å². The summed E-state index contributed by atoms with van der Waals surface area (Å²) in [6, 6.07) is 9.84. The molecule has 0 aliphatic heterocycles. The highest BCUT2D eigenvalue weighted by atomic mass is 32.1. The van der Waals surface area contributed by atoms with Crippen molar-refractivity contribution < 1.29 is 18.7 Å². The average Bonchev–Trinajstić information content (AvgIpc) is 3.52. The zero-order valence-corrected chi connectivity index (χ0v) is 23.4. The first-order chi connectivity index (χ1) is 18.0. The summed E-state index contributed by atoms with van der Waals surface area (Å²) in [5.74, 6) is 0.819. The van der Waals surface area contributed by atoms with Crippen molar-refractivity contribution >= 4 is 27.2 Å². The number of nitrogens with zero attached hydrogens (tertiary/aromatic N) is 3. The fourth-order valence-electron chi connectivity index (χ4n) is 4.65. The van der Waals surface area contributed by atoms with Crippen molar-refractivity contribution in [2.45, 2.75) is 65.7 Å². The summed E-state index contributed by atoms with van der Waals surface area (Å²) in [7, 11) is 1.60. The largest absolute Gasteiger partial charge is 0.496 e. The lowest BCUT2D eigenvalue weighted by Crippen LogP contribution is -2.43. The van der Waals surface area contributed by atoms with Crippen molar-refractivity contribution in [2.75, 3.05) is 7.11 Å². The predicted octanol–water partition coefficient (Wildman–Crippen LogP) is 5.94. The Bertz CT molecular complexity index is 1590. The molecule has 0 amide bonds. The molecule has 0 bridgehead atoms. The van der Waals surface area contributed by atoms with Gasteiger partial charge in [0, 0.05) is 22.2 Å². The van der Waals surface area contributed by atoms with Crippen LogP contribution in [0.5, 0.6) is 5.75 Å². The lowest BCUT2D eigenvalue weighted by Gasteiger charge is -2.29. The van der Waals surface area contributed by atoms with E-state index in [2.05, 4.69) is 11.1 Å². The smallest absolute Gasteiger partial charge is 0.261 e. The minimum absolute atomic E-state index is 0.126. The summed E-state index contributed by atoms with van der Waals surface area (Å²) in [5, 5.41) is 10.9. The molecule has 0 aliphatic rings. The molecule has 0 radical (unpaired) electrons. The van der Waals surface area contributed by atoms with Gasteiger partial charge in [-0.2, -0.15) is 5.26 Å². The normalized spacial score (nSPS) is 12.6. The van der Waals surface area contributed by atoms with Gasteiger partial charge in [-0.3, -0.25) is 14.2 Å². The fraction of sp³-hybridized carbons (Fsp3) is 0.379. The summed E-state index contributed by atoms with van der Waals surface area (Å²) in [6.07, 6.45) is 2.69. The van der Waals surface area contributed by atoms with Crippen LogP contribution >= 0.6 is 11.3 Å². The number of thiophene rings is 1. The van der Waals surface area contributed by atoms with Crippen LogP contribution in [0.15, 0.2) is 45.9 Å². The summed E-state index contributed by atoms with van der Waals surface area (Å²) in [5.41, 5.74) is 0.627. The van der Waals surface area contributed by atoms with Crippen LogP contribution in [-0.4, -0.2) is 28.5 Å². The second kappa shape index (κ2) is 10.6. The number of aryl methyl sites for hydroxylation is 1. The maximum atomic E-state index is 14.0. The molecule has 4 aromatic rings. The van der Waals surface area contributed by atoms with Gasteiger partial charge in [0.05, 0.1) is 35.8 Å². The van der Waals surface area contributed by atoms with E-state index in [0.29, 0.717) is 37.7 Å². The number of ketones is 1. The van der Waals surface area contributed by atoms with E-state index in [9.17, 15) is 14.9 Å². The number of pyridine rings is 1. The molecule has 0 aliphatic carbocycles. The third-order valence-electron chi connectivity index (χ3n) is 6.81. The van der Waals surface area contributed by atoms with Crippen LogP contribution < -0.4 is 10.3 Å². The van der Waals surface area contributed by atoms with Crippen LogP contribution in [-0.2, 0) is 21.5 Å². The molecule has 0 saturated heterocycles. The maximum Gasteiger partial charge on any atom is 0.261 e. The molecule has 0 fully saturated rings. The van der Waals surface area contributed by atoms with E-state index >= 15 is 0 Å². The number of oxazole rings is 1. The number of Topliss-reactive ketones (excluding diaryl/α,β-unsaturated/α-hetero) is 1. The van der Waals surface area contributed by atoms with Crippen LogP contribution in [0.1, 0.15) is 63.1 Å². The van der Waals surface area contributed by atoms with E-state index in [4.69, 9.17) is 13.9 Å². The number of ether oxygens (including phenoxy) is 2. The Kier molecular flexibility index (Phi) is 7.58. The molecule has 1 atom stereocenters. The number of carbonyl (C=O) groups is 1. The van der Waals surface area contributed by atoms with E-state index in [1.807, 2.05) is 45.0 Å². The quantitative estimate of drug-likeness (QED) is 0.262. The highest BCUT2D eigenvalue weighted by Gasteiger charge is 2.35. The van der Waals surface area contributed by atoms with Gasteiger partial charge in [0.15, 0.2) is 5.78 Å². The minimum Gasteiger partial charge on any atom is -0.496 e. The summed E-state index contributed by atoms with van der Waals surface area (Å²) >= 11 is 1.35. The Morgan fingerprint density at radius 2 is 2.00 bits per heavy atom. The van der Waals surface area contributed by atoms with Crippen molar-refractivity contribution in [3.05, 3.63) is 69.5 Å². The summed E-state index contributed by atoms with van der Waals surface area (Å²) in [4.78, 5) is 31.8. The number of methoxy groups -OCH3 is 1. The first-order valence-corrected chi connectivity index (χ1v) is 13.1. The van der Waals surface area contributed by atoms with Crippen molar-refractivity contribution in [2.24, 2.45) is 0 Å². The molecule has 4 rings (SSSR count). The lowest BCUT2D eigenvalue weighted by atomic mass is 9.94. The Hall–Kier alpha value is -3.74. The number of hydrogen-bond donors (Lipinski definition) is 0. The standard InChI is InChI=1S/C29H31N3O5S/c1-16(2)37-23(19-10-8-9-11-22(19)35-7)14-20-21(15-30)32(29(5,6)18(4)33)28(34)24-17(3)25(38-26(20)24)27-31-12-13-36-27/h8-13,16,23H,14H2,1-7H3/t23-/m0/s1. The van der Waals surface area contributed by atoms with Crippen molar-refractivity contribution in [3.8, 4) is 22.6 Å². The molecule has 0 unspecified atom stereocenters. The van der Waals surface area contributed by atoms with Crippen molar-refractivity contribution in [1.29, 1.82) is 5.26 Å². The van der Waals surface area contributed by atoms with Gasteiger partial charge in [-0.05, 0) is 53.2 Å². The van der Waals surface area contributed by atoms with E-state index in [-0.39, 0.29) is 24.0 Å². The number of benzene rings is 1. The molecular formula is C29H31N3O5S. The predicted molar refractivity (Wildman–Crippen MR) is 147 cm³/mol. The molecule has 3 aromatic heterocycles. The summed E-state index contributed by atoms with van der Waals surface area (Å²) < 4.78 is 19.6. The zero-order valence-electron chi connectivity index (χ0n) is 22.6. The molecule has 38 heavy (non-hydrogen) atoms. The lowest BCUT2D eigenvalue weighted by molar-refractivity contribution is -0.124. The van der Waals surface area contributed by atoms with Gasteiger partial charge < -0.3 is 13.9 Å². The Morgan fingerprint density at radius 3 is 2.58 bits per heavy atom. The Morgan fingerprint density at radius 1 is 1.29 bits per heavy atom. The molecule has 198 valence electrons. The first-order valence-electron chi connectivity index (χ1n) is 12.3. The van der Waals surface area contributed by atoms with Gasteiger partial charge >= 0.3 is 0 Å². The molecule has 3 heterocycles. The van der Waals surface area contributed by atoms with Crippen molar-refractivity contribution in [3.63, 3.8) is 0 Å². The van der Waals surface area contributed by atoms with Gasteiger partial charge in [0.2, 0.25) is 5.89 Å². The van der Waals surface area contributed by atoms with E-state index in [1.165, 1.54) is 29.1 Å². The van der Waals surface area contributed by atoms with Gasteiger partial charge in [0.1, 0.15) is 29.3 Å². The highest BCUT2D eigenvalue weighted by Crippen LogP contribution is 2.42. The number of rotatable bonds is 9. The fourth-order valence-corrected chi connectivity index (χ4v) is 5.95. The Balaban J connectivity index is 2.10. The van der Waals surface area contributed by atoms with Gasteiger partial charge in [0.25, 0.3) is 5.56 Å². The van der Waals surface area contributed by atoms with Crippen molar-refractivity contribution in [1.82, 2.24) is 9.55 Å². The third-order valence-corrected chi connectivity index (χ3v) is 8.15. The number of fused-ring (bicyclic) bond motifs is 1. The monoisotopic (exact) mass is 533 g/mol. The second-order valence-corrected chi connectivity index (χ2v) is 10.9. The Labute approximate surface area is 225 Å². The van der Waals surface area contributed by atoms with E-state index in [1.54, 1.807) is 27.2 Å². The maximum absolute atomic E-state index is 14.0. The van der Waals surface area contributed by atoms with Crippen LogP contribution in [0.3, 0.4) is 0 Å². The minimum atomic E-state index is -1.25. The van der Waals surface area contributed by atoms with E-state index in [0.717, 1.165) is 5.56 Å². The van der Waals surface area contributed by atoms with Gasteiger partial charge in [-0.25, -0.2) is 4.98 Å². The zero-order chi connectivity index (χ0) is 27.8. The number of hydrogen-bond acceptors (Lipinski definition) is 8. The number of nitriles is 1. The van der Waals surface area contributed by atoms with Gasteiger partial charge in [-0.15, -0.1) is 11.3 Å². The third kappa shape index (κ3) is 4.66. The molecule has 1 aromatic carbocycles. The molecular weight excluding hydrogens is 502 g/mol. The molecule has 0 saturated carbocycles. The molecule has 0 spiro atoms. The van der Waals surface area contributed by atoms with Gasteiger partial charge in [-0.1, -0.05) is 18.2 Å². The van der Waals surface area contributed by atoms with Crippen LogP contribution in [0.4, 0.5) is 0 Å². The SMILES string of the molecule is COc1ccccc1[C@H](Cc1c(C#N)n(C(C)(C)C(C)=O)c(=O)c2c(C)c(-c3ncco3)sc12)OC(C)C. The molecule has 8 nitrogen and oxygen atoms in total. The number of para-hydroxylation sites is 1. The first kappa shape index (κ1) is 27.3. The second-order valence-electron chi connectivity index (χ2n) is 9.91. The van der Waals surface area contributed by atoms with E-state index < -0.39 is 17.2 Å². The summed E-state index contributed by atoms with van der Waals surface area (Å²) in [6.45, 7) is 10.5. The average molecular weight is 534 g/mol. The topological polar surface area (TPSA) is 107 Å². The number of carbonyl (C=O) groups excluding carboxylic acids is 1. The molecule has 0 N–H and O–H groups in total. The van der Waals surface area contributed by atoms with Crippen LogP contribution in [0.2, 0.25) is 0 Å². The van der Waals surface area contributed by atoms with Crippen LogP contribution in [0.25, 0.3) is 20.9 Å². The number of aromatic nitrogens is 2. The highest BCUT2D eigenvalue weighted by molar-refractivity contribution is 7.22. The molecule has 9 heteroatoms.